The number of rotatable bonds is 4. The van der Waals surface area contributed by atoms with Crippen molar-refractivity contribution in [3.8, 4) is 0 Å². The number of esters is 1. The van der Waals surface area contributed by atoms with Gasteiger partial charge in [-0.2, -0.15) is 0 Å². The molecule has 0 fully saturated rings. The van der Waals surface area contributed by atoms with Crippen molar-refractivity contribution in [3.63, 3.8) is 0 Å². The van der Waals surface area contributed by atoms with Crippen LogP contribution >= 0.6 is 0 Å². The van der Waals surface area contributed by atoms with Crippen molar-refractivity contribution in [3.05, 3.63) is 35.9 Å². The largest absolute Gasteiger partial charge is 0.469 e. The van der Waals surface area contributed by atoms with Crippen molar-refractivity contribution < 1.29 is 19.1 Å². The van der Waals surface area contributed by atoms with Crippen LogP contribution < -0.4 is 10.9 Å². The maximum Gasteiger partial charge on any atom is 0.315 e. The number of carbonyl (C=O) groups excluding carboxylic acids is 3. The average Bonchev–Trinajstić information content (AvgIpc) is 2.37. The maximum atomic E-state index is 11.4. The van der Waals surface area contributed by atoms with Gasteiger partial charge in [0.2, 0.25) is 11.8 Å². The topological polar surface area (TPSA) is 84.5 Å². The minimum atomic E-state index is -0.662. The summed E-state index contributed by atoms with van der Waals surface area (Å²) in [6.45, 7) is 0. The molecule has 6 nitrogen and oxygen atoms in total. The molecule has 0 heterocycles. The number of ether oxygens (including phenoxy) is 1. The minimum Gasteiger partial charge on any atom is -0.469 e. The highest BCUT2D eigenvalue weighted by Crippen LogP contribution is 1.98. The molecule has 0 unspecified atom stereocenters. The third-order valence-corrected chi connectivity index (χ3v) is 2.08. The Kier molecular flexibility index (Phi) is 5.37. The molecule has 0 aliphatic rings. The maximum absolute atomic E-state index is 11.4. The first-order chi connectivity index (χ1) is 8.61. The molecule has 0 atom stereocenters. The van der Waals surface area contributed by atoms with Gasteiger partial charge in [0.25, 0.3) is 0 Å². The van der Waals surface area contributed by atoms with E-state index < -0.39 is 18.3 Å². The van der Waals surface area contributed by atoms with Gasteiger partial charge >= 0.3 is 5.97 Å². The second-order valence-electron chi connectivity index (χ2n) is 3.51. The van der Waals surface area contributed by atoms with Gasteiger partial charge in [0.15, 0.2) is 0 Å². The van der Waals surface area contributed by atoms with Gasteiger partial charge in [0.1, 0.15) is 6.42 Å². The van der Waals surface area contributed by atoms with E-state index in [2.05, 4.69) is 15.6 Å². The fraction of sp³-hybridized carbons (Fsp3) is 0.250. The van der Waals surface area contributed by atoms with Crippen LogP contribution in [0.4, 0.5) is 0 Å². The first-order valence-corrected chi connectivity index (χ1v) is 5.30. The molecule has 0 aromatic heterocycles. The lowest BCUT2D eigenvalue weighted by Gasteiger charge is -2.06. The Bertz CT molecular complexity index is 431. The van der Waals surface area contributed by atoms with E-state index in [1.807, 2.05) is 18.2 Å². The summed E-state index contributed by atoms with van der Waals surface area (Å²) in [5.74, 6) is -1.65. The monoisotopic (exact) mass is 250 g/mol. The molecule has 0 saturated carbocycles. The zero-order chi connectivity index (χ0) is 13.4. The lowest BCUT2D eigenvalue weighted by Crippen LogP contribution is -2.43. The molecule has 2 amide bonds. The van der Waals surface area contributed by atoms with Crippen LogP contribution in [-0.2, 0) is 25.5 Å². The van der Waals surface area contributed by atoms with Gasteiger partial charge in [-0.15, -0.1) is 0 Å². The Balaban J connectivity index is 2.29. The summed E-state index contributed by atoms with van der Waals surface area (Å²) in [4.78, 5) is 33.3. The van der Waals surface area contributed by atoms with Gasteiger partial charge in [0.05, 0.1) is 13.5 Å². The van der Waals surface area contributed by atoms with Gasteiger partial charge in [-0.3, -0.25) is 25.2 Å². The lowest BCUT2D eigenvalue weighted by molar-refractivity contribution is -0.144. The van der Waals surface area contributed by atoms with Crippen LogP contribution in [-0.4, -0.2) is 24.9 Å². The molecule has 96 valence electrons. The van der Waals surface area contributed by atoms with E-state index in [1.165, 1.54) is 7.11 Å². The molecular formula is C12H14N2O4. The van der Waals surface area contributed by atoms with Crippen LogP contribution in [0.5, 0.6) is 0 Å². The Labute approximate surface area is 104 Å². The van der Waals surface area contributed by atoms with Crippen molar-refractivity contribution in [2.75, 3.05) is 7.11 Å². The molecule has 0 saturated heterocycles. The van der Waals surface area contributed by atoms with Gasteiger partial charge in [0, 0.05) is 0 Å². The number of benzene rings is 1. The standard InChI is InChI=1S/C12H14N2O4/c1-18-12(17)8-11(16)14-13-10(15)7-9-5-3-2-4-6-9/h2-6H,7-8H2,1H3,(H,13,15)(H,14,16). The molecule has 0 aliphatic carbocycles. The third kappa shape index (κ3) is 5.11. The highest BCUT2D eigenvalue weighted by molar-refractivity contribution is 5.95. The molecule has 1 rings (SSSR count). The number of methoxy groups -OCH3 is 1. The summed E-state index contributed by atoms with van der Waals surface area (Å²) in [6.07, 6.45) is -0.276. The van der Waals surface area contributed by atoms with Crippen LogP contribution in [0.15, 0.2) is 30.3 Å². The number of nitrogens with one attached hydrogen (secondary N) is 2. The van der Waals surface area contributed by atoms with E-state index in [0.717, 1.165) is 5.56 Å². The first kappa shape index (κ1) is 13.7. The second kappa shape index (κ2) is 7.05. The van der Waals surface area contributed by atoms with E-state index in [-0.39, 0.29) is 12.3 Å². The molecule has 2 N–H and O–H groups in total. The number of hydrogen-bond donors (Lipinski definition) is 2. The number of hydrogen-bond acceptors (Lipinski definition) is 4. The summed E-state index contributed by atoms with van der Waals surface area (Å²) in [5, 5.41) is 0. The first-order valence-electron chi connectivity index (χ1n) is 5.30. The number of hydrazine groups is 1. The predicted octanol–water partition coefficient (Wildman–Crippen LogP) is -0.0604. The summed E-state index contributed by atoms with van der Waals surface area (Å²) < 4.78 is 4.31. The average molecular weight is 250 g/mol. The fourth-order valence-electron chi connectivity index (χ4n) is 1.21. The molecule has 6 heteroatoms. The highest BCUT2D eigenvalue weighted by Gasteiger charge is 2.10. The Morgan fingerprint density at radius 1 is 1.06 bits per heavy atom. The lowest BCUT2D eigenvalue weighted by atomic mass is 10.1. The van der Waals surface area contributed by atoms with Crippen LogP contribution in [0.2, 0.25) is 0 Å². The molecule has 18 heavy (non-hydrogen) atoms. The Morgan fingerprint density at radius 3 is 2.28 bits per heavy atom. The molecule has 0 spiro atoms. The number of amides is 2. The van der Waals surface area contributed by atoms with Crippen LogP contribution in [0.1, 0.15) is 12.0 Å². The van der Waals surface area contributed by atoms with Crippen molar-refractivity contribution in [1.82, 2.24) is 10.9 Å². The van der Waals surface area contributed by atoms with Crippen molar-refractivity contribution in [2.45, 2.75) is 12.8 Å². The van der Waals surface area contributed by atoms with Gasteiger partial charge in [-0.05, 0) is 5.56 Å². The SMILES string of the molecule is COC(=O)CC(=O)NNC(=O)Cc1ccccc1. The third-order valence-electron chi connectivity index (χ3n) is 2.08. The van der Waals surface area contributed by atoms with Crippen LogP contribution in [0.25, 0.3) is 0 Å². The van der Waals surface area contributed by atoms with Crippen molar-refractivity contribution in [2.24, 2.45) is 0 Å². The van der Waals surface area contributed by atoms with Gasteiger partial charge < -0.3 is 4.74 Å². The molecule has 1 aromatic rings. The van der Waals surface area contributed by atoms with Crippen molar-refractivity contribution in [1.29, 1.82) is 0 Å². The highest BCUT2D eigenvalue weighted by atomic mass is 16.5. The zero-order valence-electron chi connectivity index (χ0n) is 9.93. The Hall–Kier alpha value is -2.37. The minimum absolute atomic E-state index is 0.152. The molecule has 0 bridgehead atoms. The molecule has 1 aromatic carbocycles. The smallest absolute Gasteiger partial charge is 0.315 e. The van der Waals surface area contributed by atoms with Crippen LogP contribution in [0.3, 0.4) is 0 Å². The van der Waals surface area contributed by atoms with Gasteiger partial charge in [-0.1, -0.05) is 30.3 Å². The van der Waals surface area contributed by atoms with Crippen molar-refractivity contribution >= 4 is 17.8 Å². The normalized spacial score (nSPS) is 9.39. The quantitative estimate of drug-likeness (QED) is 0.445. The number of carbonyl (C=O) groups is 3. The van der Waals surface area contributed by atoms with Gasteiger partial charge in [-0.25, -0.2) is 0 Å². The fourth-order valence-corrected chi connectivity index (χ4v) is 1.21. The predicted molar refractivity (Wildman–Crippen MR) is 63.1 cm³/mol. The van der Waals surface area contributed by atoms with E-state index in [4.69, 9.17) is 0 Å². The zero-order valence-corrected chi connectivity index (χ0v) is 9.93. The second-order valence-corrected chi connectivity index (χ2v) is 3.51. The summed E-state index contributed by atoms with van der Waals surface area (Å²) in [6, 6.07) is 9.09. The van der Waals surface area contributed by atoms with E-state index >= 15 is 0 Å². The van der Waals surface area contributed by atoms with Crippen LogP contribution in [0, 0.1) is 0 Å². The molecule has 0 aliphatic heterocycles. The summed E-state index contributed by atoms with van der Waals surface area (Å²) >= 11 is 0. The van der Waals surface area contributed by atoms with E-state index in [1.54, 1.807) is 12.1 Å². The Morgan fingerprint density at radius 2 is 1.67 bits per heavy atom. The molecule has 0 radical (unpaired) electrons. The summed E-state index contributed by atoms with van der Waals surface area (Å²) in [7, 11) is 1.18. The van der Waals surface area contributed by atoms with E-state index in [9.17, 15) is 14.4 Å². The molecular weight excluding hydrogens is 236 g/mol. The summed E-state index contributed by atoms with van der Waals surface area (Å²) in [5.41, 5.74) is 5.17. The van der Waals surface area contributed by atoms with E-state index in [0.29, 0.717) is 0 Å².